The zero-order chi connectivity index (χ0) is 15.9. The molecule has 0 aliphatic carbocycles. The number of halogens is 5. The van der Waals surface area contributed by atoms with Crippen molar-refractivity contribution in [1.82, 2.24) is 5.43 Å². The molecule has 0 atom stereocenters. The molecule has 1 aromatic carbocycles. The molecule has 0 aromatic heterocycles. The van der Waals surface area contributed by atoms with Crippen molar-refractivity contribution in [2.75, 3.05) is 0 Å². The molecule has 0 saturated carbocycles. The van der Waals surface area contributed by atoms with Crippen molar-refractivity contribution in [3.63, 3.8) is 0 Å². The second-order valence-electron chi connectivity index (χ2n) is 3.28. The molecule has 0 aliphatic rings. The van der Waals surface area contributed by atoms with Crippen LogP contribution in [-0.4, -0.2) is 22.2 Å². The summed E-state index contributed by atoms with van der Waals surface area (Å²) in [6.07, 6.45) is -4.90. The smallest absolute Gasteiger partial charge is 0.475 e. The van der Waals surface area contributed by atoms with E-state index in [0.29, 0.717) is 10.6 Å². The minimum atomic E-state index is -5.08. The van der Waals surface area contributed by atoms with Crippen molar-refractivity contribution < 1.29 is 31.9 Å². The molecule has 0 radical (unpaired) electrons. The van der Waals surface area contributed by atoms with Gasteiger partial charge in [-0.2, -0.15) is 13.2 Å². The van der Waals surface area contributed by atoms with Crippen LogP contribution in [0.15, 0.2) is 18.2 Å². The minimum absolute atomic E-state index is 0.179. The predicted octanol–water partition coefficient (Wildman–Crippen LogP) is 1.93. The third kappa shape index (κ3) is 6.95. The molecule has 20 heavy (non-hydrogen) atoms. The standard InChI is InChI=1S/C8H8F2N2S.C2HF3O2/c9-6-2-1-5(7(10)4-6)3-8(13)12-11;3-2(4,5)1(6)7/h1-2,4H,3,11H2,(H,12,13);(H,6,7). The molecule has 112 valence electrons. The van der Waals surface area contributed by atoms with Crippen molar-refractivity contribution in [2.45, 2.75) is 12.6 Å². The first-order valence-electron chi connectivity index (χ1n) is 4.81. The van der Waals surface area contributed by atoms with E-state index in [4.69, 9.17) is 28.0 Å². The van der Waals surface area contributed by atoms with Crippen molar-refractivity contribution in [1.29, 1.82) is 0 Å². The zero-order valence-electron chi connectivity index (χ0n) is 9.67. The zero-order valence-corrected chi connectivity index (χ0v) is 10.5. The van der Waals surface area contributed by atoms with E-state index in [1.165, 1.54) is 12.1 Å². The summed E-state index contributed by atoms with van der Waals surface area (Å²) in [6, 6.07) is 3.33. The van der Waals surface area contributed by atoms with E-state index >= 15 is 0 Å². The van der Waals surface area contributed by atoms with Gasteiger partial charge in [-0.3, -0.25) is 5.84 Å². The lowest BCUT2D eigenvalue weighted by Gasteiger charge is -2.03. The highest BCUT2D eigenvalue weighted by atomic mass is 32.1. The van der Waals surface area contributed by atoms with Crippen molar-refractivity contribution in [3.8, 4) is 0 Å². The summed E-state index contributed by atoms with van der Waals surface area (Å²) in [5.74, 6) is 1.04. The summed E-state index contributed by atoms with van der Waals surface area (Å²) in [4.78, 5) is 9.21. The van der Waals surface area contributed by atoms with Crippen LogP contribution in [0.2, 0.25) is 0 Å². The number of benzene rings is 1. The molecule has 1 rings (SSSR count). The van der Waals surface area contributed by atoms with E-state index < -0.39 is 23.8 Å². The summed E-state index contributed by atoms with van der Waals surface area (Å²) in [6.45, 7) is 0. The van der Waals surface area contributed by atoms with Gasteiger partial charge in [0.25, 0.3) is 0 Å². The number of nitrogens with two attached hydrogens (primary N) is 1. The van der Waals surface area contributed by atoms with Crippen LogP contribution in [0, 0.1) is 11.6 Å². The van der Waals surface area contributed by atoms with Gasteiger partial charge in [0.2, 0.25) is 0 Å². The van der Waals surface area contributed by atoms with E-state index in [1.54, 1.807) is 0 Å². The second kappa shape index (κ2) is 7.70. The third-order valence-electron chi connectivity index (χ3n) is 1.77. The van der Waals surface area contributed by atoms with Crippen molar-refractivity contribution in [2.24, 2.45) is 5.84 Å². The topological polar surface area (TPSA) is 75.3 Å². The number of carboxylic acid groups (broad SMARTS) is 1. The molecule has 0 bridgehead atoms. The Morgan fingerprint density at radius 3 is 2.20 bits per heavy atom. The number of carbonyl (C=O) groups is 1. The van der Waals surface area contributed by atoms with Crippen LogP contribution < -0.4 is 11.3 Å². The molecule has 0 heterocycles. The van der Waals surface area contributed by atoms with Gasteiger partial charge in [-0.25, -0.2) is 13.6 Å². The van der Waals surface area contributed by atoms with Gasteiger partial charge in [-0.05, 0) is 11.6 Å². The number of thiocarbonyl (C=S) groups is 1. The fourth-order valence-electron chi connectivity index (χ4n) is 0.889. The first-order valence-corrected chi connectivity index (χ1v) is 5.22. The molecule has 0 amide bonds. The Kier molecular flexibility index (Phi) is 7.00. The van der Waals surface area contributed by atoms with Crippen LogP contribution in [0.5, 0.6) is 0 Å². The Hall–Kier alpha value is -1.81. The first-order chi connectivity index (χ1) is 9.07. The van der Waals surface area contributed by atoms with Gasteiger partial charge in [-0.1, -0.05) is 18.3 Å². The maximum Gasteiger partial charge on any atom is 0.490 e. The number of rotatable bonds is 2. The van der Waals surface area contributed by atoms with Gasteiger partial charge in [0.05, 0.1) is 4.99 Å². The molecular formula is C10H9F5N2O2S. The number of aliphatic carboxylic acids is 1. The van der Waals surface area contributed by atoms with E-state index in [-0.39, 0.29) is 6.42 Å². The molecule has 10 heteroatoms. The Morgan fingerprint density at radius 1 is 1.35 bits per heavy atom. The lowest BCUT2D eigenvalue weighted by atomic mass is 10.1. The van der Waals surface area contributed by atoms with Gasteiger partial charge in [0.1, 0.15) is 11.6 Å². The largest absolute Gasteiger partial charge is 0.490 e. The number of hydrazine groups is 1. The van der Waals surface area contributed by atoms with Crippen LogP contribution in [-0.2, 0) is 11.2 Å². The summed E-state index contributed by atoms with van der Waals surface area (Å²) >= 11 is 4.73. The molecule has 0 spiro atoms. The Morgan fingerprint density at radius 2 is 1.85 bits per heavy atom. The molecule has 0 aliphatic heterocycles. The van der Waals surface area contributed by atoms with Crippen LogP contribution in [0.4, 0.5) is 22.0 Å². The molecule has 4 N–H and O–H groups in total. The molecular weight excluding hydrogens is 307 g/mol. The molecule has 1 aromatic rings. The predicted molar refractivity (Wildman–Crippen MR) is 63.7 cm³/mol. The SMILES string of the molecule is NNC(=S)Cc1ccc(F)cc1F.O=C(O)C(F)(F)F. The Bertz CT molecular complexity index is 493. The van der Waals surface area contributed by atoms with Crippen LogP contribution in [0.25, 0.3) is 0 Å². The number of alkyl halides is 3. The summed E-state index contributed by atoms with van der Waals surface area (Å²) in [5, 5.41) is 7.12. The van der Waals surface area contributed by atoms with Gasteiger partial charge >= 0.3 is 12.1 Å². The highest BCUT2D eigenvalue weighted by molar-refractivity contribution is 7.80. The Balaban J connectivity index is 0.000000441. The van der Waals surface area contributed by atoms with Crippen LogP contribution in [0.3, 0.4) is 0 Å². The minimum Gasteiger partial charge on any atom is -0.475 e. The summed E-state index contributed by atoms with van der Waals surface area (Å²) in [5.41, 5.74) is 2.55. The quantitative estimate of drug-likeness (QED) is 0.336. The normalized spacial score (nSPS) is 10.3. The highest BCUT2D eigenvalue weighted by Crippen LogP contribution is 2.13. The molecule has 0 fully saturated rings. The fraction of sp³-hybridized carbons (Fsp3) is 0.200. The highest BCUT2D eigenvalue weighted by Gasteiger charge is 2.38. The van der Waals surface area contributed by atoms with E-state index in [2.05, 4.69) is 5.43 Å². The summed E-state index contributed by atoms with van der Waals surface area (Å²) < 4.78 is 57.2. The molecule has 4 nitrogen and oxygen atoms in total. The van der Waals surface area contributed by atoms with E-state index in [0.717, 1.165) is 6.07 Å². The monoisotopic (exact) mass is 316 g/mol. The van der Waals surface area contributed by atoms with Crippen LogP contribution >= 0.6 is 12.2 Å². The number of hydrogen-bond acceptors (Lipinski definition) is 3. The number of carboxylic acids is 1. The lowest BCUT2D eigenvalue weighted by Crippen LogP contribution is -2.30. The van der Waals surface area contributed by atoms with E-state index in [1.807, 2.05) is 0 Å². The lowest BCUT2D eigenvalue weighted by molar-refractivity contribution is -0.192. The summed E-state index contributed by atoms with van der Waals surface area (Å²) in [7, 11) is 0. The van der Waals surface area contributed by atoms with Gasteiger partial charge in [0.15, 0.2) is 0 Å². The first kappa shape index (κ1) is 18.2. The van der Waals surface area contributed by atoms with Crippen molar-refractivity contribution >= 4 is 23.2 Å². The van der Waals surface area contributed by atoms with Gasteiger partial charge in [0, 0.05) is 12.5 Å². The second-order valence-corrected chi connectivity index (χ2v) is 3.78. The third-order valence-corrected chi connectivity index (χ3v) is 2.03. The average molecular weight is 316 g/mol. The number of nitrogens with one attached hydrogen (secondary N) is 1. The van der Waals surface area contributed by atoms with Gasteiger partial charge in [-0.15, -0.1) is 0 Å². The average Bonchev–Trinajstić information content (AvgIpc) is 2.32. The molecule has 0 unspecified atom stereocenters. The number of hydrogen-bond donors (Lipinski definition) is 3. The fourth-order valence-corrected chi connectivity index (χ4v) is 1.04. The van der Waals surface area contributed by atoms with E-state index in [9.17, 15) is 22.0 Å². The maximum atomic E-state index is 13.0. The van der Waals surface area contributed by atoms with Crippen LogP contribution in [0.1, 0.15) is 5.56 Å². The Labute approximate surface area is 115 Å². The van der Waals surface area contributed by atoms with Gasteiger partial charge < -0.3 is 10.5 Å². The van der Waals surface area contributed by atoms with Crippen molar-refractivity contribution in [3.05, 3.63) is 35.4 Å². The maximum absolute atomic E-state index is 13.0. The molecule has 0 saturated heterocycles.